The Labute approximate surface area is 139 Å². The number of likely N-dealkylation sites (tertiary alicyclic amines) is 1. The number of aromatic nitrogens is 2. The quantitative estimate of drug-likeness (QED) is 0.800. The maximum Gasteiger partial charge on any atom is 0.227 e. The lowest BCUT2D eigenvalue weighted by Crippen LogP contribution is -2.32. The van der Waals surface area contributed by atoms with E-state index in [0.717, 1.165) is 36.2 Å². The highest BCUT2D eigenvalue weighted by molar-refractivity contribution is 5.80. The average Bonchev–Trinajstić information content (AvgIpc) is 3.21. The van der Waals surface area contributed by atoms with Crippen molar-refractivity contribution in [2.75, 3.05) is 6.54 Å². The molecule has 2 heterocycles. The van der Waals surface area contributed by atoms with E-state index in [1.54, 1.807) is 12.1 Å². The molecule has 0 bridgehead atoms. The molecular weight excluding hydrogens is 305 g/mol. The summed E-state index contributed by atoms with van der Waals surface area (Å²) >= 11 is 0. The smallest absolute Gasteiger partial charge is 0.227 e. The number of amides is 1. The molecule has 0 spiro atoms. The van der Waals surface area contributed by atoms with Crippen LogP contribution in [-0.4, -0.2) is 27.3 Å². The lowest BCUT2D eigenvalue weighted by atomic mass is 10.1. The zero-order valence-corrected chi connectivity index (χ0v) is 13.2. The zero-order chi connectivity index (χ0) is 16.5. The third-order valence-electron chi connectivity index (χ3n) is 4.54. The van der Waals surface area contributed by atoms with Crippen LogP contribution in [0.3, 0.4) is 0 Å². The fourth-order valence-electron chi connectivity index (χ4n) is 3.40. The third kappa shape index (κ3) is 2.77. The predicted octanol–water partition coefficient (Wildman–Crippen LogP) is 3.61. The first-order valence-electron chi connectivity index (χ1n) is 8.19. The van der Waals surface area contributed by atoms with Crippen molar-refractivity contribution in [3.8, 4) is 0 Å². The average molecular weight is 323 g/mol. The summed E-state index contributed by atoms with van der Waals surface area (Å²) in [5.74, 6) is 0.542. The Bertz CT molecular complexity index is 856. The lowest BCUT2D eigenvalue weighted by Gasteiger charge is -2.23. The number of carbonyl (C=O) groups excluding carboxylic acids is 1. The van der Waals surface area contributed by atoms with Crippen LogP contribution < -0.4 is 0 Å². The van der Waals surface area contributed by atoms with Crippen molar-refractivity contribution in [2.45, 2.75) is 25.3 Å². The predicted molar refractivity (Wildman–Crippen MR) is 89.9 cm³/mol. The van der Waals surface area contributed by atoms with Crippen LogP contribution in [0.2, 0.25) is 0 Å². The molecule has 1 N–H and O–H groups in total. The van der Waals surface area contributed by atoms with Crippen LogP contribution in [0, 0.1) is 5.82 Å². The summed E-state index contributed by atoms with van der Waals surface area (Å²) in [6.45, 7) is 0.718. The molecule has 4 nitrogen and oxygen atoms in total. The van der Waals surface area contributed by atoms with Crippen LogP contribution >= 0.6 is 0 Å². The molecule has 1 amide bonds. The van der Waals surface area contributed by atoms with Crippen molar-refractivity contribution in [3.63, 3.8) is 0 Å². The molecular formula is C19H18FN3O. The van der Waals surface area contributed by atoms with Gasteiger partial charge < -0.3 is 9.88 Å². The summed E-state index contributed by atoms with van der Waals surface area (Å²) in [4.78, 5) is 22.5. The summed E-state index contributed by atoms with van der Waals surface area (Å²) in [6, 6.07) is 14.1. The fourth-order valence-corrected chi connectivity index (χ4v) is 3.40. The maximum absolute atomic E-state index is 13.3. The Balaban J connectivity index is 1.56. The number of para-hydroxylation sites is 2. The van der Waals surface area contributed by atoms with Gasteiger partial charge in [0, 0.05) is 6.54 Å². The molecule has 2 aromatic carbocycles. The Morgan fingerprint density at radius 2 is 2.12 bits per heavy atom. The van der Waals surface area contributed by atoms with Gasteiger partial charge in [-0.25, -0.2) is 9.37 Å². The largest absolute Gasteiger partial charge is 0.340 e. The van der Waals surface area contributed by atoms with Gasteiger partial charge in [-0.2, -0.15) is 0 Å². The Morgan fingerprint density at radius 1 is 1.25 bits per heavy atom. The van der Waals surface area contributed by atoms with E-state index < -0.39 is 0 Å². The number of halogens is 1. The summed E-state index contributed by atoms with van der Waals surface area (Å²) in [7, 11) is 0. The number of imidazole rings is 1. The Hall–Kier alpha value is -2.69. The van der Waals surface area contributed by atoms with Crippen molar-refractivity contribution in [1.82, 2.24) is 14.9 Å². The van der Waals surface area contributed by atoms with Gasteiger partial charge in [0.05, 0.1) is 23.5 Å². The van der Waals surface area contributed by atoms with Gasteiger partial charge in [0.25, 0.3) is 0 Å². The maximum atomic E-state index is 13.3. The molecule has 0 aliphatic carbocycles. The van der Waals surface area contributed by atoms with E-state index in [2.05, 4.69) is 9.97 Å². The van der Waals surface area contributed by atoms with E-state index >= 15 is 0 Å². The number of benzene rings is 2. The SMILES string of the molecule is O=C(Cc1cccc(F)c1)N1CCC[C@H]1c1nc2ccccc2[nH]1. The number of carbonyl (C=O) groups is 1. The van der Waals surface area contributed by atoms with Gasteiger partial charge in [-0.05, 0) is 42.7 Å². The highest BCUT2D eigenvalue weighted by atomic mass is 19.1. The van der Waals surface area contributed by atoms with Crippen LogP contribution in [0.1, 0.15) is 30.3 Å². The summed E-state index contributed by atoms with van der Waals surface area (Å²) in [6.07, 6.45) is 2.07. The second kappa shape index (κ2) is 6.07. The van der Waals surface area contributed by atoms with E-state index in [4.69, 9.17) is 0 Å². The van der Waals surface area contributed by atoms with Crippen molar-refractivity contribution in [3.05, 3.63) is 65.7 Å². The van der Waals surface area contributed by atoms with E-state index in [0.29, 0.717) is 5.56 Å². The number of fused-ring (bicyclic) bond motifs is 1. The van der Waals surface area contributed by atoms with Gasteiger partial charge in [0.15, 0.2) is 0 Å². The van der Waals surface area contributed by atoms with Gasteiger partial charge in [0.2, 0.25) is 5.91 Å². The molecule has 1 aliphatic heterocycles. The molecule has 4 rings (SSSR count). The first-order valence-corrected chi connectivity index (χ1v) is 8.19. The number of rotatable bonds is 3. The van der Waals surface area contributed by atoms with Crippen molar-refractivity contribution < 1.29 is 9.18 Å². The fraction of sp³-hybridized carbons (Fsp3) is 0.263. The zero-order valence-electron chi connectivity index (χ0n) is 13.2. The number of nitrogens with zero attached hydrogens (tertiary/aromatic N) is 2. The molecule has 5 heteroatoms. The number of nitrogens with one attached hydrogen (secondary N) is 1. The molecule has 1 fully saturated rings. The molecule has 1 saturated heterocycles. The van der Waals surface area contributed by atoms with E-state index in [1.165, 1.54) is 12.1 Å². The first kappa shape index (κ1) is 14.9. The molecule has 1 aromatic heterocycles. The van der Waals surface area contributed by atoms with Crippen LogP contribution in [0.25, 0.3) is 11.0 Å². The van der Waals surface area contributed by atoms with Crippen LogP contribution in [0.5, 0.6) is 0 Å². The minimum Gasteiger partial charge on any atom is -0.340 e. The van der Waals surface area contributed by atoms with Gasteiger partial charge in [-0.3, -0.25) is 4.79 Å². The normalized spacial score (nSPS) is 17.5. The second-order valence-corrected chi connectivity index (χ2v) is 6.19. The Morgan fingerprint density at radius 3 is 2.96 bits per heavy atom. The van der Waals surface area contributed by atoms with Crippen LogP contribution in [-0.2, 0) is 11.2 Å². The first-order chi connectivity index (χ1) is 11.7. The highest BCUT2D eigenvalue weighted by Crippen LogP contribution is 2.31. The van der Waals surface area contributed by atoms with Crippen molar-refractivity contribution in [2.24, 2.45) is 0 Å². The summed E-state index contributed by atoms with van der Waals surface area (Å²) in [5.41, 5.74) is 2.60. The summed E-state index contributed by atoms with van der Waals surface area (Å²) < 4.78 is 13.3. The van der Waals surface area contributed by atoms with Crippen LogP contribution in [0.4, 0.5) is 4.39 Å². The van der Waals surface area contributed by atoms with Gasteiger partial charge in [-0.15, -0.1) is 0 Å². The molecule has 0 saturated carbocycles. The molecule has 1 aliphatic rings. The van der Waals surface area contributed by atoms with E-state index in [-0.39, 0.29) is 24.2 Å². The molecule has 1 atom stereocenters. The summed E-state index contributed by atoms with van der Waals surface area (Å²) in [5, 5.41) is 0. The highest BCUT2D eigenvalue weighted by Gasteiger charge is 2.31. The number of H-pyrrole nitrogens is 1. The molecule has 0 radical (unpaired) electrons. The van der Waals surface area contributed by atoms with Crippen LogP contribution in [0.15, 0.2) is 48.5 Å². The Kier molecular flexibility index (Phi) is 3.76. The number of hydrogen-bond donors (Lipinski definition) is 1. The minimum absolute atomic E-state index is 0.0172. The van der Waals surface area contributed by atoms with E-state index in [9.17, 15) is 9.18 Å². The molecule has 122 valence electrons. The molecule has 24 heavy (non-hydrogen) atoms. The van der Waals surface area contributed by atoms with Gasteiger partial charge in [-0.1, -0.05) is 24.3 Å². The van der Waals surface area contributed by atoms with Gasteiger partial charge in [0.1, 0.15) is 11.6 Å². The van der Waals surface area contributed by atoms with Crippen molar-refractivity contribution >= 4 is 16.9 Å². The number of hydrogen-bond acceptors (Lipinski definition) is 2. The standard InChI is InChI=1S/C19H18FN3O/c20-14-6-3-5-13(11-14)12-18(24)23-10-4-9-17(23)19-21-15-7-1-2-8-16(15)22-19/h1-3,5-8,11,17H,4,9-10,12H2,(H,21,22)/t17-/m0/s1. The minimum atomic E-state index is -0.310. The lowest BCUT2D eigenvalue weighted by molar-refractivity contribution is -0.131. The molecule has 3 aromatic rings. The topological polar surface area (TPSA) is 49.0 Å². The van der Waals surface area contributed by atoms with E-state index in [1.807, 2.05) is 29.2 Å². The number of aromatic amines is 1. The molecule has 0 unspecified atom stereocenters. The third-order valence-corrected chi connectivity index (χ3v) is 4.54. The second-order valence-electron chi connectivity index (χ2n) is 6.19. The monoisotopic (exact) mass is 323 g/mol. The van der Waals surface area contributed by atoms with Gasteiger partial charge >= 0.3 is 0 Å². The van der Waals surface area contributed by atoms with Crippen molar-refractivity contribution in [1.29, 1.82) is 0 Å².